The van der Waals surface area contributed by atoms with Crippen molar-refractivity contribution < 1.29 is 4.79 Å². The third-order valence-corrected chi connectivity index (χ3v) is 4.24. The van der Waals surface area contributed by atoms with E-state index in [1.807, 2.05) is 24.3 Å². The van der Waals surface area contributed by atoms with Gasteiger partial charge in [-0.2, -0.15) is 4.68 Å². The van der Waals surface area contributed by atoms with Gasteiger partial charge in [0, 0.05) is 0 Å². The molecule has 1 aromatic carbocycles. The summed E-state index contributed by atoms with van der Waals surface area (Å²) in [6, 6.07) is 7.52. The van der Waals surface area contributed by atoms with E-state index < -0.39 is 0 Å². The topological polar surface area (TPSA) is 47.8 Å². The van der Waals surface area contributed by atoms with E-state index in [-0.39, 0.29) is 10.7 Å². The highest BCUT2D eigenvalue weighted by Crippen LogP contribution is 2.17. The summed E-state index contributed by atoms with van der Waals surface area (Å²) in [6.45, 7) is 2.20. The summed E-state index contributed by atoms with van der Waals surface area (Å²) in [7, 11) is 0. The Kier molecular flexibility index (Phi) is 5.71. The van der Waals surface area contributed by atoms with Gasteiger partial charge < -0.3 is 0 Å². The molecule has 0 bridgehead atoms. The van der Waals surface area contributed by atoms with Crippen molar-refractivity contribution in [2.45, 2.75) is 50.3 Å². The Bertz CT molecular complexity index is 567. The smallest absolute Gasteiger partial charge is 0.262 e. The van der Waals surface area contributed by atoms with Crippen LogP contribution in [0.3, 0.4) is 0 Å². The van der Waals surface area contributed by atoms with Gasteiger partial charge in [0.05, 0.1) is 10.3 Å². The van der Waals surface area contributed by atoms with Gasteiger partial charge >= 0.3 is 0 Å². The Morgan fingerprint density at radius 1 is 1.25 bits per heavy atom. The van der Waals surface area contributed by atoms with Crippen molar-refractivity contribution in [3.8, 4) is 0 Å². The number of fused-ring (bicyclic) bond motifs is 1. The van der Waals surface area contributed by atoms with Crippen molar-refractivity contribution in [1.29, 1.82) is 0 Å². The minimum Gasteiger partial charge on any atom is -0.271 e. The standard InChI is InChI=1S/C15H20BrN3O/c1-2-3-4-5-6-9-12(16)15(20)19-14-11-8-7-10-13(14)17-18-19/h7-8,10-12H,2-6,9H2,1H3. The molecule has 1 aromatic heterocycles. The van der Waals surface area contributed by atoms with Gasteiger partial charge in [-0.3, -0.25) is 4.79 Å². The maximum absolute atomic E-state index is 12.4. The van der Waals surface area contributed by atoms with Crippen LogP contribution in [0.25, 0.3) is 11.0 Å². The fourth-order valence-electron chi connectivity index (χ4n) is 2.21. The predicted molar refractivity (Wildman–Crippen MR) is 84.2 cm³/mol. The molecule has 0 aliphatic rings. The molecule has 0 radical (unpaired) electrons. The van der Waals surface area contributed by atoms with Crippen LogP contribution in [0.15, 0.2) is 24.3 Å². The van der Waals surface area contributed by atoms with Crippen LogP contribution in [0.5, 0.6) is 0 Å². The first-order valence-corrected chi connectivity index (χ1v) is 8.14. The average Bonchev–Trinajstić information content (AvgIpc) is 2.90. The summed E-state index contributed by atoms with van der Waals surface area (Å²) >= 11 is 3.48. The second-order valence-electron chi connectivity index (χ2n) is 5.00. The van der Waals surface area contributed by atoms with Crippen molar-refractivity contribution in [1.82, 2.24) is 15.0 Å². The van der Waals surface area contributed by atoms with Crippen LogP contribution >= 0.6 is 15.9 Å². The number of hydrogen-bond acceptors (Lipinski definition) is 3. The van der Waals surface area contributed by atoms with Crippen LogP contribution < -0.4 is 0 Å². The molecule has 108 valence electrons. The van der Waals surface area contributed by atoms with E-state index in [0.29, 0.717) is 0 Å². The number of carbonyl (C=O) groups excluding carboxylic acids is 1. The maximum atomic E-state index is 12.4. The largest absolute Gasteiger partial charge is 0.271 e. The minimum absolute atomic E-state index is 0.0332. The molecule has 1 unspecified atom stereocenters. The highest BCUT2D eigenvalue weighted by Gasteiger charge is 2.19. The molecule has 1 atom stereocenters. The lowest BCUT2D eigenvalue weighted by molar-refractivity contribution is 0.0896. The average molecular weight is 338 g/mol. The van der Waals surface area contributed by atoms with E-state index in [0.717, 1.165) is 23.9 Å². The number of para-hydroxylation sites is 1. The number of rotatable bonds is 7. The highest BCUT2D eigenvalue weighted by molar-refractivity contribution is 9.10. The minimum atomic E-state index is -0.186. The normalized spacial score (nSPS) is 12.7. The summed E-state index contributed by atoms with van der Waals surface area (Å²) in [6.07, 6.45) is 6.85. The number of carbonyl (C=O) groups is 1. The number of aromatic nitrogens is 3. The molecule has 0 saturated heterocycles. The third kappa shape index (κ3) is 3.66. The summed E-state index contributed by atoms with van der Waals surface area (Å²) < 4.78 is 1.40. The molecule has 1 heterocycles. The second-order valence-corrected chi connectivity index (χ2v) is 6.10. The quantitative estimate of drug-likeness (QED) is 0.562. The van der Waals surface area contributed by atoms with E-state index in [9.17, 15) is 4.79 Å². The molecule has 0 aliphatic carbocycles. The summed E-state index contributed by atoms with van der Waals surface area (Å²) in [5.74, 6) is -0.0332. The van der Waals surface area contributed by atoms with Gasteiger partial charge in [0.1, 0.15) is 5.52 Å². The van der Waals surface area contributed by atoms with E-state index in [1.54, 1.807) is 0 Å². The molecule has 0 fully saturated rings. The van der Waals surface area contributed by atoms with Crippen molar-refractivity contribution in [3.05, 3.63) is 24.3 Å². The molecule has 0 aliphatic heterocycles. The molecule has 2 rings (SSSR count). The van der Waals surface area contributed by atoms with Crippen LogP contribution in [0, 0.1) is 0 Å². The van der Waals surface area contributed by atoms with E-state index in [2.05, 4.69) is 33.2 Å². The molecule has 20 heavy (non-hydrogen) atoms. The van der Waals surface area contributed by atoms with Gasteiger partial charge in [0.2, 0.25) is 0 Å². The lowest BCUT2D eigenvalue weighted by Crippen LogP contribution is -2.23. The van der Waals surface area contributed by atoms with Gasteiger partial charge in [-0.25, -0.2) is 0 Å². The van der Waals surface area contributed by atoms with Crippen LogP contribution in [-0.2, 0) is 0 Å². The predicted octanol–water partition coefficient (Wildman–Crippen LogP) is 4.20. The van der Waals surface area contributed by atoms with Gasteiger partial charge in [-0.05, 0) is 18.6 Å². The SMILES string of the molecule is CCCCCCCC(Br)C(=O)n1nnc2ccccc21. The van der Waals surface area contributed by atoms with Gasteiger partial charge in [0.25, 0.3) is 5.91 Å². The Morgan fingerprint density at radius 2 is 2.00 bits per heavy atom. The number of hydrogen-bond donors (Lipinski definition) is 0. The zero-order valence-corrected chi connectivity index (χ0v) is 13.3. The second kappa shape index (κ2) is 7.53. The molecule has 0 amide bonds. The Hall–Kier alpha value is -1.23. The molecule has 0 spiro atoms. The van der Waals surface area contributed by atoms with Gasteiger partial charge in [-0.15, -0.1) is 5.10 Å². The highest BCUT2D eigenvalue weighted by atomic mass is 79.9. The van der Waals surface area contributed by atoms with E-state index >= 15 is 0 Å². The molecular weight excluding hydrogens is 318 g/mol. The molecule has 4 nitrogen and oxygen atoms in total. The monoisotopic (exact) mass is 337 g/mol. The lowest BCUT2D eigenvalue weighted by atomic mass is 10.1. The fourth-order valence-corrected chi connectivity index (χ4v) is 2.73. The number of alkyl halides is 1. The van der Waals surface area contributed by atoms with Crippen molar-refractivity contribution in [2.24, 2.45) is 0 Å². The maximum Gasteiger partial charge on any atom is 0.262 e. The Labute approximate surface area is 127 Å². The van der Waals surface area contributed by atoms with Crippen LogP contribution in [0.4, 0.5) is 0 Å². The zero-order valence-electron chi connectivity index (χ0n) is 11.8. The summed E-state index contributed by atoms with van der Waals surface area (Å²) in [5.41, 5.74) is 1.52. The van der Waals surface area contributed by atoms with Crippen molar-refractivity contribution >= 4 is 32.9 Å². The lowest BCUT2D eigenvalue weighted by Gasteiger charge is -2.08. The van der Waals surface area contributed by atoms with E-state index in [1.165, 1.54) is 30.4 Å². The summed E-state index contributed by atoms with van der Waals surface area (Å²) in [5, 5.41) is 7.98. The molecule has 2 aromatic rings. The number of unbranched alkanes of at least 4 members (excludes halogenated alkanes) is 4. The molecule has 0 N–H and O–H groups in total. The third-order valence-electron chi connectivity index (χ3n) is 3.39. The Morgan fingerprint density at radius 3 is 2.80 bits per heavy atom. The first kappa shape index (κ1) is 15.2. The molecule has 5 heteroatoms. The number of halogens is 1. The van der Waals surface area contributed by atoms with Gasteiger partial charge in [0.15, 0.2) is 0 Å². The van der Waals surface area contributed by atoms with Crippen molar-refractivity contribution in [3.63, 3.8) is 0 Å². The van der Waals surface area contributed by atoms with Crippen molar-refractivity contribution in [2.75, 3.05) is 0 Å². The molecule has 0 saturated carbocycles. The summed E-state index contributed by atoms with van der Waals surface area (Å²) in [4.78, 5) is 12.2. The van der Waals surface area contributed by atoms with Gasteiger partial charge in [-0.1, -0.05) is 72.3 Å². The first-order chi connectivity index (χ1) is 9.74. The van der Waals surface area contributed by atoms with Crippen LogP contribution in [-0.4, -0.2) is 25.7 Å². The number of nitrogens with zero attached hydrogens (tertiary/aromatic N) is 3. The Balaban J connectivity index is 1.93. The van der Waals surface area contributed by atoms with Crippen LogP contribution in [0.2, 0.25) is 0 Å². The number of benzene rings is 1. The fraction of sp³-hybridized carbons (Fsp3) is 0.533. The van der Waals surface area contributed by atoms with Crippen LogP contribution in [0.1, 0.15) is 50.2 Å². The molecular formula is C15H20BrN3O. The van der Waals surface area contributed by atoms with E-state index in [4.69, 9.17) is 0 Å². The first-order valence-electron chi connectivity index (χ1n) is 7.22. The zero-order chi connectivity index (χ0) is 14.4.